The molecule has 1 unspecified atom stereocenters. The first-order valence-corrected chi connectivity index (χ1v) is 6.13. The number of rotatable bonds is 2. The van der Waals surface area contributed by atoms with Crippen LogP contribution in [-0.2, 0) is 23.9 Å². The van der Waals surface area contributed by atoms with Crippen LogP contribution >= 0.6 is 0 Å². The zero-order chi connectivity index (χ0) is 13.6. The molecule has 0 bridgehead atoms. The fraction of sp³-hybridized carbons (Fsp3) is 0.286. The number of anilines is 1. The molecule has 0 spiro atoms. The lowest BCUT2D eigenvalue weighted by Crippen LogP contribution is -2.37. The summed E-state index contributed by atoms with van der Waals surface area (Å²) in [7, 11) is 1.81. The highest BCUT2D eigenvalue weighted by Gasteiger charge is 2.45. The van der Waals surface area contributed by atoms with Gasteiger partial charge in [-0.3, -0.25) is 9.48 Å². The van der Waals surface area contributed by atoms with Crippen LogP contribution in [0, 0.1) is 6.92 Å². The minimum absolute atomic E-state index is 0.215. The Morgan fingerprint density at radius 1 is 1.42 bits per heavy atom. The predicted molar refractivity (Wildman–Crippen MR) is 70.6 cm³/mol. The van der Waals surface area contributed by atoms with Crippen molar-refractivity contribution in [3.8, 4) is 0 Å². The number of aliphatic hydroxyl groups is 1. The van der Waals surface area contributed by atoms with Crippen LogP contribution in [0.3, 0.4) is 0 Å². The monoisotopic (exact) mass is 257 g/mol. The van der Waals surface area contributed by atoms with Gasteiger partial charge in [-0.05, 0) is 19.1 Å². The second-order valence-electron chi connectivity index (χ2n) is 4.94. The molecule has 19 heavy (non-hydrogen) atoms. The second-order valence-corrected chi connectivity index (χ2v) is 4.94. The van der Waals surface area contributed by atoms with Gasteiger partial charge < -0.3 is 10.4 Å². The number of amides is 1. The van der Waals surface area contributed by atoms with Crippen molar-refractivity contribution < 1.29 is 9.90 Å². The first-order valence-electron chi connectivity index (χ1n) is 6.13. The number of carbonyl (C=O) groups is 1. The third-order valence-electron chi connectivity index (χ3n) is 3.53. The van der Waals surface area contributed by atoms with Gasteiger partial charge in [0.15, 0.2) is 5.60 Å². The highest BCUT2D eigenvalue weighted by molar-refractivity contribution is 6.05. The van der Waals surface area contributed by atoms with Crippen LogP contribution in [0.5, 0.6) is 0 Å². The van der Waals surface area contributed by atoms with Gasteiger partial charge in [-0.15, -0.1) is 0 Å². The van der Waals surface area contributed by atoms with Gasteiger partial charge in [0, 0.05) is 30.4 Å². The number of aryl methyl sites for hydroxylation is 2. The highest BCUT2D eigenvalue weighted by Crippen LogP contribution is 2.37. The fourth-order valence-corrected chi connectivity index (χ4v) is 2.57. The topological polar surface area (TPSA) is 67.2 Å². The Morgan fingerprint density at radius 2 is 2.16 bits per heavy atom. The molecule has 5 nitrogen and oxygen atoms in total. The fourth-order valence-electron chi connectivity index (χ4n) is 2.57. The van der Waals surface area contributed by atoms with E-state index in [1.54, 1.807) is 16.8 Å². The summed E-state index contributed by atoms with van der Waals surface area (Å²) in [6.45, 7) is 1.89. The molecule has 0 saturated heterocycles. The molecule has 0 aliphatic carbocycles. The zero-order valence-corrected chi connectivity index (χ0v) is 10.8. The van der Waals surface area contributed by atoms with Crippen LogP contribution < -0.4 is 5.32 Å². The molecule has 1 aliphatic heterocycles. The van der Waals surface area contributed by atoms with Gasteiger partial charge >= 0.3 is 0 Å². The SMILES string of the molecule is Cc1cc(CC2(O)C(=O)Nc3ccccc32)n(C)n1. The molecule has 2 N–H and O–H groups in total. The van der Waals surface area contributed by atoms with E-state index in [1.807, 2.05) is 32.2 Å². The lowest BCUT2D eigenvalue weighted by Gasteiger charge is -2.20. The maximum Gasteiger partial charge on any atom is 0.261 e. The average Bonchev–Trinajstić information content (AvgIpc) is 2.79. The number of hydrogen-bond donors (Lipinski definition) is 2. The normalized spacial score (nSPS) is 21.3. The number of nitrogens with one attached hydrogen (secondary N) is 1. The molecule has 2 aromatic rings. The Hall–Kier alpha value is -2.14. The lowest BCUT2D eigenvalue weighted by molar-refractivity contribution is -0.133. The number of fused-ring (bicyclic) bond motifs is 1. The molecule has 0 saturated carbocycles. The van der Waals surface area contributed by atoms with Gasteiger partial charge in [-0.2, -0.15) is 5.10 Å². The Bertz CT molecular complexity index is 662. The summed E-state index contributed by atoms with van der Waals surface area (Å²) >= 11 is 0. The van der Waals surface area contributed by atoms with Crippen LogP contribution in [0.4, 0.5) is 5.69 Å². The van der Waals surface area contributed by atoms with Crippen molar-refractivity contribution in [3.63, 3.8) is 0 Å². The van der Waals surface area contributed by atoms with Crippen molar-refractivity contribution in [1.82, 2.24) is 9.78 Å². The molecule has 0 fully saturated rings. The van der Waals surface area contributed by atoms with E-state index in [4.69, 9.17) is 0 Å². The van der Waals surface area contributed by atoms with Gasteiger partial charge in [-0.25, -0.2) is 0 Å². The molecule has 1 aliphatic rings. The van der Waals surface area contributed by atoms with E-state index in [0.717, 1.165) is 11.4 Å². The maximum atomic E-state index is 12.1. The second kappa shape index (κ2) is 3.93. The summed E-state index contributed by atoms with van der Waals surface area (Å²) in [4.78, 5) is 12.1. The molecule has 98 valence electrons. The van der Waals surface area contributed by atoms with Crippen molar-refractivity contribution in [3.05, 3.63) is 47.3 Å². The molecule has 1 aromatic heterocycles. The van der Waals surface area contributed by atoms with E-state index in [9.17, 15) is 9.90 Å². The van der Waals surface area contributed by atoms with Crippen molar-refractivity contribution in [1.29, 1.82) is 0 Å². The van der Waals surface area contributed by atoms with Gasteiger partial charge in [-0.1, -0.05) is 18.2 Å². The number of benzene rings is 1. The Kier molecular flexibility index (Phi) is 2.46. The van der Waals surface area contributed by atoms with Crippen LogP contribution in [0.25, 0.3) is 0 Å². The smallest absolute Gasteiger partial charge is 0.261 e. The molecule has 3 rings (SSSR count). The third kappa shape index (κ3) is 1.74. The van der Waals surface area contributed by atoms with Crippen molar-refractivity contribution in [2.75, 3.05) is 5.32 Å². The number of aromatic nitrogens is 2. The summed E-state index contributed by atoms with van der Waals surface area (Å²) < 4.78 is 1.70. The Balaban J connectivity index is 2.04. The number of carbonyl (C=O) groups excluding carboxylic acids is 1. The molecular weight excluding hydrogens is 242 g/mol. The van der Waals surface area contributed by atoms with Crippen LogP contribution in [0.1, 0.15) is 17.0 Å². The average molecular weight is 257 g/mol. The minimum atomic E-state index is -1.52. The molecule has 1 aromatic carbocycles. The zero-order valence-electron chi connectivity index (χ0n) is 10.8. The van der Waals surface area contributed by atoms with Crippen molar-refractivity contribution in [2.24, 2.45) is 7.05 Å². The quantitative estimate of drug-likeness (QED) is 0.847. The maximum absolute atomic E-state index is 12.1. The number of hydrogen-bond acceptors (Lipinski definition) is 3. The lowest BCUT2D eigenvalue weighted by atomic mass is 9.90. The van der Waals surface area contributed by atoms with Crippen LogP contribution in [0.2, 0.25) is 0 Å². The Labute approximate surface area is 110 Å². The number of para-hydroxylation sites is 1. The van der Waals surface area contributed by atoms with E-state index in [-0.39, 0.29) is 12.3 Å². The molecule has 5 heteroatoms. The molecule has 0 radical (unpaired) electrons. The minimum Gasteiger partial charge on any atom is -0.375 e. The Morgan fingerprint density at radius 3 is 2.84 bits per heavy atom. The van der Waals surface area contributed by atoms with Gasteiger partial charge in [0.25, 0.3) is 5.91 Å². The largest absolute Gasteiger partial charge is 0.375 e. The first kappa shape index (κ1) is 11.9. The summed E-state index contributed by atoms with van der Waals surface area (Å²) in [6.07, 6.45) is 0.215. The molecular formula is C14H15N3O2. The first-order chi connectivity index (χ1) is 9.00. The van der Waals surface area contributed by atoms with Crippen molar-refractivity contribution >= 4 is 11.6 Å². The van der Waals surface area contributed by atoms with Gasteiger partial charge in [0.2, 0.25) is 0 Å². The van der Waals surface area contributed by atoms with E-state index < -0.39 is 5.60 Å². The number of nitrogens with zero attached hydrogens (tertiary/aromatic N) is 2. The summed E-state index contributed by atoms with van der Waals surface area (Å²) in [5, 5.41) is 17.7. The van der Waals surface area contributed by atoms with E-state index in [0.29, 0.717) is 11.3 Å². The van der Waals surface area contributed by atoms with Crippen LogP contribution in [0.15, 0.2) is 30.3 Å². The summed E-state index contributed by atoms with van der Waals surface area (Å²) in [5.74, 6) is -0.382. The molecule has 1 amide bonds. The summed E-state index contributed by atoms with van der Waals surface area (Å²) in [6, 6.07) is 9.10. The van der Waals surface area contributed by atoms with Gasteiger partial charge in [0.05, 0.1) is 5.69 Å². The van der Waals surface area contributed by atoms with E-state index in [1.165, 1.54) is 0 Å². The standard InChI is InChI=1S/C14H15N3O2/c1-9-7-10(17(2)16-9)8-14(19)11-5-3-4-6-12(11)15-13(14)18/h3-7,19H,8H2,1-2H3,(H,15,18). The van der Waals surface area contributed by atoms with Crippen molar-refractivity contribution in [2.45, 2.75) is 18.9 Å². The predicted octanol–water partition coefficient (Wildman–Crippen LogP) is 1.11. The van der Waals surface area contributed by atoms with Crippen LogP contribution in [-0.4, -0.2) is 20.8 Å². The highest BCUT2D eigenvalue weighted by atomic mass is 16.3. The van der Waals surface area contributed by atoms with E-state index in [2.05, 4.69) is 10.4 Å². The molecule has 2 heterocycles. The van der Waals surface area contributed by atoms with Gasteiger partial charge in [0.1, 0.15) is 0 Å². The molecule has 1 atom stereocenters. The third-order valence-corrected chi connectivity index (χ3v) is 3.53. The summed E-state index contributed by atoms with van der Waals surface area (Å²) in [5.41, 5.74) is 1.48. The van der Waals surface area contributed by atoms with E-state index >= 15 is 0 Å².